The lowest BCUT2D eigenvalue weighted by Crippen LogP contribution is -2.21. The summed E-state index contributed by atoms with van der Waals surface area (Å²) in [5.41, 5.74) is 2.81. The standard InChI is InChI=1S/C20H21N3O5/c1-12-7-13(2)9-16(8-12)22-19(24)11-28-20(25)14-3-6-17(21-15-4-5-15)18(10-14)23(26)27/h3,6-10,15,21H,4-5,11H2,1-2H3,(H,22,24). The van der Waals surface area contributed by atoms with Gasteiger partial charge in [0.1, 0.15) is 5.69 Å². The molecular weight excluding hydrogens is 362 g/mol. The first kappa shape index (κ1) is 19.3. The van der Waals surface area contributed by atoms with Crippen molar-refractivity contribution in [3.8, 4) is 0 Å². The molecule has 8 heteroatoms. The van der Waals surface area contributed by atoms with Crippen LogP contribution in [0.15, 0.2) is 36.4 Å². The van der Waals surface area contributed by atoms with Gasteiger partial charge in [-0.05, 0) is 62.1 Å². The minimum absolute atomic E-state index is 0.0206. The van der Waals surface area contributed by atoms with Gasteiger partial charge in [0.15, 0.2) is 6.61 Å². The molecule has 0 spiro atoms. The monoisotopic (exact) mass is 383 g/mol. The Labute approximate surface area is 162 Å². The van der Waals surface area contributed by atoms with Crippen LogP contribution in [0, 0.1) is 24.0 Å². The summed E-state index contributed by atoms with van der Waals surface area (Å²) in [6.07, 6.45) is 1.94. The molecule has 146 valence electrons. The number of nitro benzene ring substituents is 1. The van der Waals surface area contributed by atoms with Crippen LogP contribution in [0.1, 0.15) is 34.3 Å². The number of ether oxygens (including phenoxy) is 1. The van der Waals surface area contributed by atoms with Crippen LogP contribution in [0.3, 0.4) is 0 Å². The zero-order valence-electron chi connectivity index (χ0n) is 15.7. The van der Waals surface area contributed by atoms with Crippen LogP contribution in [0.2, 0.25) is 0 Å². The molecule has 0 unspecified atom stereocenters. The Kier molecular flexibility index (Phi) is 5.58. The number of carbonyl (C=O) groups excluding carboxylic acids is 2. The Hall–Kier alpha value is -3.42. The van der Waals surface area contributed by atoms with E-state index < -0.39 is 23.4 Å². The second-order valence-corrected chi connectivity index (χ2v) is 6.91. The van der Waals surface area contributed by atoms with E-state index >= 15 is 0 Å². The van der Waals surface area contributed by atoms with Crippen LogP contribution in [0.5, 0.6) is 0 Å². The van der Waals surface area contributed by atoms with Gasteiger partial charge in [-0.2, -0.15) is 0 Å². The fourth-order valence-corrected chi connectivity index (χ4v) is 2.84. The lowest BCUT2D eigenvalue weighted by atomic mass is 10.1. The minimum Gasteiger partial charge on any atom is -0.452 e. The molecule has 28 heavy (non-hydrogen) atoms. The number of amides is 1. The van der Waals surface area contributed by atoms with Gasteiger partial charge in [-0.3, -0.25) is 14.9 Å². The first-order valence-electron chi connectivity index (χ1n) is 8.92. The van der Waals surface area contributed by atoms with Crippen molar-refractivity contribution < 1.29 is 19.2 Å². The van der Waals surface area contributed by atoms with Gasteiger partial charge >= 0.3 is 5.97 Å². The number of rotatable bonds is 7. The maximum Gasteiger partial charge on any atom is 0.338 e. The van der Waals surface area contributed by atoms with Gasteiger partial charge < -0.3 is 15.4 Å². The summed E-state index contributed by atoms with van der Waals surface area (Å²) >= 11 is 0. The predicted octanol–water partition coefficient (Wildman–Crippen LogP) is 3.58. The van der Waals surface area contributed by atoms with E-state index in [1.165, 1.54) is 12.1 Å². The maximum absolute atomic E-state index is 12.2. The van der Waals surface area contributed by atoms with Crippen molar-refractivity contribution in [1.82, 2.24) is 0 Å². The Morgan fingerprint density at radius 2 is 1.82 bits per heavy atom. The number of hydrogen-bond donors (Lipinski definition) is 2. The quantitative estimate of drug-likeness (QED) is 0.429. The molecule has 1 fully saturated rings. The highest BCUT2D eigenvalue weighted by molar-refractivity contribution is 5.96. The van der Waals surface area contributed by atoms with E-state index in [0.717, 1.165) is 30.0 Å². The smallest absolute Gasteiger partial charge is 0.338 e. The van der Waals surface area contributed by atoms with Crippen LogP contribution < -0.4 is 10.6 Å². The van der Waals surface area contributed by atoms with E-state index in [2.05, 4.69) is 10.6 Å². The zero-order chi connectivity index (χ0) is 20.3. The van der Waals surface area contributed by atoms with Crippen LogP contribution in [-0.2, 0) is 9.53 Å². The molecule has 1 amide bonds. The number of esters is 1. The maximum atomic E-state index is 12.2. The van der Waals surface area contributed by atoms with E-state index in [1.54, 1.807) is 0 Å². The fraction of sp³-hybridized carbons (Fsp3) is 0.300. The van der Waals surface area contributed by atoms with Gasteiger partial charge in [-0.15, -0.1) is 0 Å². The molecule has 0 heterocycles. The van der Waals surface area contributed by atoms with E-state index in [-0.39, 0.29) is 17.3 Å². The van der Waals surface area contributed by atoms with Crippen LogP contribution >= 0.6 is 0 Å². The average molecular weight is 383 g/mol. The molecule has 0 atom stereocenters. The molecule has 0 radical (unpaired) electrons. The summed E-state index contributed by atoms with van der Waals surface area (Å²) < 4.78 is 5.00. The molecule has 1 aliphatic rings. The molecule has 1 aliphatic carbocycles. The van der Waals surface area contributed by atoms with E-state index in [4.69, 9.17) is 4.74 Å². The molecule has 0 aromatic heterocycles. The molecule has 2 aromatic carbocycles. The number of carbonyl (C=O) groups is 2. The van der Waals surface area contributed by atoms with E-state index in [9.17, 15) is 19.7 Å². The van der Waals surface area contributed by atoms with Crippen LogP contribution in [0.4, 0.5) is 17.1 Å². The third-order valence-corrected chi connectivity index (χ3v) is 4.21. The summed E-state index contributed by atoms with van der Waals surface area (Å²) in [7, 11) is 0. The predicted molar refractivity (Wildman–Crippen MR) is 105 cm³/mol. The lowest BCUT2D eigenvalue weighted by Gasteiger charge is -2.09. The summed E-state index contributed by atoms with van der Waals surface area (Å²) in [5, 5.41) is 17.0. The largest absolute Gasteiger partial charge is 0.452 e. The second-order valence-electron chi connectivity index (χ2n) is 6.91. The summed E-state index contributed by atoms with van der Waals surface area (Å²) in [5.74, 6) is -1.28. The zero-order valence-corrected chi connectivity index (χ0v) is 15.7. The van der Waals surface area contributed by atoms with Crippen molar-refractivity contribution in [2.24, 2.45) is 0 Å². The summed E-state index contributed by atoms with van der Waals surface area (Å²) in [6.45, 7) is 3.34. The number of anilines is 2. The highest BCUT2D eigenvalue weighted by Crippen LogP contribution is 2.31. The Morgan fingerprint density at radius 1 is 1.14 bits per heavy atom. The minimum atomic E-state index is -0.795. The summed E-state index contributed by atoms with van der Waals surface area (Å²) in [4.78, 5) is 34.9. The Morgan fingerprint density at radius 3 is 2.43 bits per heavy atom. The lowest BCUT2D eigenvalue weighted by molar-refractivity contribution is -0.384. The van der Waals surface area contributed by atoms with Gasteiger partial charge in [0.05, 0.1) is 10.5 Å². The van der Waals surface area contributed by atoms with Gasteiger partial charge in [0.2, 0.25) is 0 Å². The average Bonchev–Trinajstić information content (AvgIpc) is 3.43. The van der Waals surface area contributed by atoms with Crippen molar-refractivity contribution in [3.63, 3.8) is 0 Å². The second kappa shape index (κ2) is 8.08. The molecule has 0 saturated heterocycles. The third kappa shape index (κ3) is 5.06. The first-order valence-corrected chi connectivity index (χ1v) is 8.92. The van der Waals surface area contributed by atoms with Crippen molar-refractivity contribution in [3.05, 3.63) is 63.2 Å². The van der Waals surface area contributed by atoms with Crippen molar-refractivity contribution >= 4 is 28.9 Å². The third-order valence-electron chi connectivity index (χ3n) is 4.21. The van der Waals surface area contributed by atoms with Crippen molar-refractivity contribution in [1.29, 1.82) is 0 Å². The highest BCUT2D eigenvalue weighted by Gasteiger charge is 2.26. The van der Waals surface area contributed by atoms with Gasteiger partial charge in [-0.1, -0.05) is 6.07 Å². The highest BCUT2D eigenvalue weighted by atomic mass is 16.6. The van der Waals surface area contributed by atoms with E-state index in [1.807, 2.05) is 32.0 Å². The normalized spacial score (nSPS) is 12.9. The SMILES string of the molecule is Cc1cc(C)cc(NC(=O)COC(=O)c2ccc(NC3CC3)c([N+](=O)[O-])c2)c1. The number of aryl methyl sites for hydroxylation is 2. The number of nitrogens with zero attached hydrogens (tertiary/aromatic N) is 1. The molecule has 2 N–H and O–H groups in total. The number of hydrogen-bond acceptors (Lipinski definition) is 6. The number of benzene rings is 2. The fourth-order valence-electron chi connectivity index (χ4n) is 2.84. The molecule has 3 rings (SSSR count). The Bertz CT molecular complexity index is 917. The molecule has 0 aliphatic heterocycles. The van der Waals surface area contributed by atoms with Gasteiger partial charge in [0.25, 0.3) is 11.6 Å². The number of nitrogens with one attached hydrogen (secondary N) is 2. The van der Waals surface area contributed by atoms with Gasteiger partial charge in [0, 0.05) is 17.8 Å². The van der Waals surface area contributed by atoms with Crippen molar-refractivity contribution in [2.45, 2.75) is 32.7 Å². The first-order chi connectivity index (χ1) is 13.3. The number of nitro groups is 1. The molecular formula is C20H21N3O5. The Balaban J connectivity index is 1.61. The molecule has 0 bridgehead atoms. The topological polar surface area (TPSA) is 111 Å². The summed E-state index contributed by atoms with van der Waals surface area (Å²) in [6, 6.07) is 9.93. The molecule has 2 aromatic rings. The van der Waals surface area contributed by atoms with E-state index in [0.29, 0.717) is 11.4 Å². The van der Waals surface area contributed by atoms with Gasteiger partial charge in [-0.25, -0.2) is 4.79 Å². The molecule has 8 nitrogen and oxygen atoms in total. The molecule has 1 saturated carbocycles. The van der Waals surface area contributed by atoms with Crippen molar-refractivity contribution in [2.75, 3.05) is 17.2 Å². The van der Waals surface area contributed by atoms with Crippen LogP contribution in [0.25, 0.3) is 0 Å². The van der Waals surface area contributed by atoms with Crippen LogP contribution in [-0.4, -0.2) is 29.4 Å².